The fourth-order valence-corrected chi connectivity index (χ4v) is 3.22. The molecule has 0 spiro atoms. The fourth-order valence-electron chi connectivity index (χ4n) is 3.22. The molecule has 1 aromatic rings. The smallest absolute Gasteiger partial charge is 0.338 e. The van der Waals surface area contributed by atoms with Crippen molar-refractivity contribution < 1.29 is 19.4 Å². The van der Waals surface area contributed by atoms with Gasteiger partial charge in [-0.15, -0.1) is 0 Å². The van der Waals surface area contributed by atoms with Crippen molar-refractivity contribution in [2.45, 2.75) is 44.9 Å². The van der Waals surface area contributed by atoms with Gasteiger partial charge in [0.25, 0.3) is 5.91 Å². The molecule has 1 atom stereocenters. The molecule has 1 fully saturated rings. The van der Waals surface area contributed by atoms with Crippen LogP contribution in [0, 0.1) is 0 Å². The first kappa shape index (κ1) is 15.5. The summed E-state index contributed by atoms with van der Waals surface area (Å²) in [7, 11) is 1.28. The Hall–Kier alpha value is -1.88. The molecular formula is C16H21NO4. The third-order valence-electron chi connectivity index (χ3n) is 4.25. The third kappa shape index (κ3) is 1.87. The lowest BCUT2D eigenvalue weighted by atomic mass is 9.65. The van der Waals surface area contributed by atoms with Crippen molar-refractivity contribution in [3.8, 4) is 0 Å². The highest BCUT2D eigenvalue weighted by atomic mass is 16.5. The molecular weight excluding hydrogens is 270 g/mol. The molecule has 0 bridgehead atoms. The number of nitrogens with zero attached hydrogens (tertiary/aromatic N) is 1. The van der Waals surface area contributed by atoms with Crippen molar-refractivity contribution in [2.75, 3.05) is 7.11 Å². The summed E-state index contributed by atoms with van der Waals surface area (Å²) in [6.07, 6.45) is 0. The van der Waals surface area contributed by atoms with Gasteiger partial charge in [-0.25, -0.2) is 4.79 Å². The Labute approximate surface area is 124 Å². The minimum Gasteiger partial charge on any atom is -0.465 e. The van der Waals surface area contributed by atoms with Crippen LogP contribution in [0.5, 0.6) is 0 Å². The minimum atomic E-state index is -1.72. The first-order chi connectivity index (χ1) is 9.69. The number of likely N-dealkylation sites (tertiary alicyclic amines) is 1. The van der Waals surface area contributed by atoms with Crippen molar-refractivity contribution in [1.29, 1.82) is 0 Å². The van der Waals surface area contributed by atoms with Gasteiger partial charge in [0, 0.05) is 11.6 Å². The van der Waals surface area contributed by atoms with Gasteiger partial charge in [-0.05, 0) is 33.8 Å². The highest BCUT2D eigenvalue weighted by Gasteiger charge is 2.68. The molecule has 1 aromatic carbocycles. The largest absolute Gasteiger partial charge is 0.465 e. The lowest BCUT2D eigenvalue weighted by Crippen LogP contribution is -2.79. The lowest BCUT2D eigenvalue weighted by Gasteiger charge is -2.61. The van der Waals surface area contributed by atoms with Gasteiger partial charge in [0.05, 0.1) is 18.2 Å². The molecule has 1 N–H and O–H groups in total. The molecule has 21 heavy (non-hydrogen) atoms. The van der Waals surface area contributed by atoms with Crippen LogP contribution in [0.25, 0.3) is 0 Å². The quantitative estimate of drug-likeness (QED) is 0.680. The number of carbonyl (C=O) groups excluding carboxylic acids is 2. The van der Waals surface area contributed by atoms with Crippen molar-refractivity contribution >= 4 is 11.9 Å². The molecule has 114 valence electrons. The maximum atomic E-state index is 12.5. The zero-order valence-corrected chi connectivity index (χ0v) is 13.0. The Morgan fingerprint density at radius 3 is 2.33 bits per heavy atom. The predicted octanol–water partition coefficient (Wildman–Crippen LogP) is 1.69. The summed E-state index contributed by atoms with van der Waals surface area (Å²) in [5, 5.41) is 11.0. The predicted molar refractivity (Wildman–Crippen MR) is 77.7 cm³/mol. The number of amides is 1. The van der Waals surface area contributed by atoms with Crippen LogP contribution < -0.4 is 0 Å². The Bertz CT molecular complexity index is 594. The number of ether oxygens (including phenoxy) is 1. The second-order valence-electron chi connectivity index (χ2n) is 6.08. The van der Waals surface area contributed by atoms with Crippen molar-refractivity contribution in [3.63, 3.8) is 0 Å². The average molecular weight is 291 g/mol. The molecule has 5 heteroatoms. The summed E-state index contributed by atoms with van der Waals surface area (Å²) in [6, 6.07) is 6.50. The van der Waals surface area contributed by atoms with Gasteiger partial charge in [-0.1, -0.05) is 18.2 Å². The van der Waals surface area contributed by atoms with Gasteiger partial charge in [-0.2, -0.15) is 0 Å². The zero-order valence-electron chi connectivity index (χ0n) is 13.0. The molecule has 0 saturated carbocycles. The van der Waals surface area contributed by atoms with E-state index in [1.54, 1.807) is 43.0 Å². The molecule has 1 heterocycles. The molecule has 1 aliphatic rings. The number of carbonyl (C=O) groups is 2. The van der Waals surface area contributed by atoms with Crippen LogP contribution in [0.2, 0.25) is 0 Å². The number of esters is 1. The van der Waals surface area contributed by atoms with E-state index in [1.807, 2.05) is 13.8 Å². The number of benzene rings is 1. The van der Waals surface area contributed by atoms with Crippen LogP contribution in [0.4, 0.5) is 0 Å². The Kier molecular flexibility index (Phi) is 3.58. The topological polar surface area (TPSA) is 66.8 Å². The van der Waals surface area contributed by atoms with Gasteiger partial charge in [0.15, 0.2) is 5.60 Å². The highest BCUT2D eigenvalue weighted by Crippen LogP contribution is 2.50. The third-order valence-corrected chi connectivity index (χ3v) is 4.25. The van der Waals surface area contributed by atoms with Crippen LogP contribution in [0.3, 0.4) is 0 Å². The van der Waals surface area contributed by atoms with E-state index in [4.69, 9.17) is 4.74 Å². The molecule has 1 amide bonds. The number of hydrogen-bond acceptors (Lipinski definition) is 4. The average Bonchev–Trinajstić information content (AvgIpc) is 2.44. The molecule has 5 nitrogen and oxygen atoms in total. The maximum Gasteiger partial charge on any atom is 0.338 e. The standard InChI is InChI=1S/C16H21NO4/c1-10(2)17-14(19)16(20,15(17,3)4)12-9-7-6-8-11(12)13(18)21-5/h6-10,20H,1-5H3/t16-/m1/s1. The summed E-state index contributed by atoms with van der Waals surface area (Å²) >= 11 is 0. The molecule has 0 aromatic heterocycles. The highest BCUT2D eigenvalue weighted by molar-refractivity contribution is 6.00. The number of rotatable bonds is 3. The zero-order chi connectivity index (χ0) is 16.0. The first-order valence-electron chi connectivity index (χ1n) is 6.93. The lowest BCUT2D eigenvalue weighted by molar-refractivity contribution is -0.221. The monoisotopic (exact) mass is 291 g/mol. The maximum absolute atomic E-state index is 12.5. The molecule has 1 aliphatic heterocycles. The van der Waals surface area contributed by atoms with E-state index in [1.165, 1.54) is 7.11 Å². The molecule has 0 radical (unpaired) electrons. The van der Waals surface area contributed by atoms with Crippen LogP contribution in [-0.4, -0.2) is 40.6 Å². The SMILES string of the molecule is COC(=O)c1ccccc1[C@@]1(O)C(=O)N(C(C)C)C1(C)C. The van der Waals surface area contributed by atoms with E-state index in [9.17, 15) is 14.7 Å². The molecule has 1 saturated heterocycles. The van der Waals surface area contributed by atoms with Gasteiger partial charge in [-0.3, -0.25) is 4.79 Å². The molecule has 0 unspecified atom stereocenters. The number of β-lactam (4-membered cyclic amide) rings is 1. The van der Waals surface area contributed by atoms with Crippen LogP contribution >= 0.6 is 0 Å². The van der Waals surface area contributed by atoms with Crippen LogP contribution in [-0.2, 0) is 15.1 Å². The summed E-state index contributed by atoms with van der Waals surface area (Å²) in [6.45, 7) is 7.38. The summed E-state index contributed by atoms with van der Waals surface area (Å²) in [5.41, 5.74) is -2.01. The number of aliphatic hydroxyl groups is 1. The van der Waals surface area contributed by atoms with E-state index in [0.717, 1.165) is 0 Å². The summed E-state index contributed by atoms with van der Waals surface area (Å²) in [4.78, 5) is 26.0. The summed E-state index contributed by atoms with van der Waals surface area (Å²) in [5.74, 6) is -0.954. The van der Waals surface area contributed by atoms with Crippen molar-refractivity contribution in [1.82, 2.24) is 4.90 Å². The Morgan fingerprint density at radius 1 is 1.29 bits per heavy atom. The van der Waals surface area contributed by atoms with Crippen molar-refractivity contribution in [3.05, 3.63) is 35.4 Å². The van der Waals surface area contributed by atoms with E-state index in [2.05, 4.69) is 0 Å². The first-order valence-corrected chi connectivity index (χ1v) is 6.93. The minimum absolute atomic E-state index is 0.0296. The van der Waals surface area contributed by atoms with E-state index in [0.29, 0.717) is 5.56 Å². The normalized spacial score (nSPS) is 24.0. The van der Waals surface area contributed by atoms with Gasteiger partial charge in [0.2, 0.25) is 0 Å². The van der Waals surface area contributed by atoms with Crippen molar-refractivity contribution in [2.24, 2.45) is 0 Å². The number of hydrogen-bond donors (Lipinski definition) is 1. The van der Waals surface area contributed by atoms with Gasteiger partial charge < -0.3 is 14.7 Å². The summed E-state index contributed by atoms with van der Waals surface area (Å²) < 4.78 is 4.74. The van der Waals surface area contributed by atoms with E-state index < -0.39 is 17.1 Å². The molecule has 2 rings (SSSR count). The second kappa shape index (κ2) is 4.84. The van der Waals surface area contributed by atoms with Crippen LogP contribution in [0.1, 0.15) is 43.6 Å². The second-order valence-corrected chi connectivity index (χ2v) is 6.08. The Balaban J connectivity index is 2.57. The van der Waals surface area contributed by atoms with Crippen LogP contribution in [0.15, 0.2) is 24.3 Å². The fraction of sp³-hybridized carbons (Fsp3) is 0.500. The van der Waals surface area contributed by atoms with Gasteiger partial charge >= 0.3 is 5.97 Å². The van der Waals surface area contributed by atoms with Gasteiger partial charge in [0.1, 0.15) is 0 Å². The number of methoxy groups -OCH3 is 1. The molecule has 0 aliphatic carbocycles. The Morgan fingerprint density at radius 2 is 1.86 bits per heavy atom. The van der Waals surface area contributed by atoms with E-state index >= 15 is 0 Å². The van der Waals surface area contributed by atoms with E-state index in [-0.39, 0.29) is 17.5 Å².